The molecular weight excluding hydrogens is 298 g/mol. The molecule has 7 heteroatoms. The van der Waals surface area contributed by atoms with E-state index >= 15 is 0 Å². The first-order valence-electron chi connectivity index (χ1n) is 7.28. The molecule has 23 heavy (non-hydrogen) atoms. The van der Waals surface area contributed by atoms with Gasteiger partial charge in [-0.25, -0.2) is 9.48 Å². The molecule has 1 heterocycles. The molecule has 0 radical (unpaired) electrons. The van der Waals surface area contributed by atoms with E-state index in [4.69, 9.17) is 5.11 Å². The molecule has 7 nitrogen and oxygen atoms in total. The van der Waals surface area contributed by atoms with E-state index in [2.05, 4.69) is 10.4 Å². The number of nitrogens with one attached hydrogen (secondary N) is 1. The maximum absolute atomic E-state index is 12.2. The first-order chi connectivity index (χ1) is 10.8. The van der Waals surface area contributed by atoms with Crippen molar-refractivity contribution in [1.29, 1.82) is 0 Å². The van der Waals surface area contributed by atoms with Crippen molar-refractivity contribution in [3.8, 4) is 0 Å². The maximum Gasteiger partial charge on any atom is 0.326 e. The third-order valence-electron chi connectivity index (χ3n) is 3.61. The van der Waals surface area contributed by atoms with Gasteiger partial charge in [-0.3, -0.25) is 9.59 Å². The number of aliphatic carboxylic acids is 1. The zero-order chi connectivity index (χ0) is 17.1. The quantitative estimate of drug-likeness (QED) is 0.845. The SMILES string of the molecule is CC(C)C(NC(=O)Cc1nn(C)c(=O)c2ccccc12)C(=O)O. The Morgan fingerprint density at radius 3 is 2.43 bits per heavy atom. The molecule has 0 aliphatic rings. The molecule has 0 aliphatic heterocycles. The monoisotopic (exact) mass is 317 g/mol. The van der Waals surface area contributed by atoms with Crippen molar-refractivity contribution in [2.75, 3.05) is 0 Å². The molecule has 0 bridgehead atoms. The molecule has 0 spiro atoms. The Bertz CT molecular complexity index is 811. The number of aryl methyl sites for hydroxylation is 1. The molecule has 122 valence electrons. The average Bonchev–Trinajstić information content (AvgIpc) is 2.49. The first kappa shape index (κ1) is 16.7. The Hall–Kier alpha value is -2.70. The zero-order valence-electron chi connectivity index (χ0n) is 13.2. The van der Waals surface area contributed by atoms with Gasteiger partial charge in [-0.2, -0.15) is 5.10 Å². The topological polar surface area (TPSA) is 101 Å². The Labute approximate surface area is 132 Å². The van der Waals surface area contributed by atoms with Crippen LogP contribution >= 0.6 is 0 Å². The van der Waals surface area contributed by atoms with Crippen LogP contribution in [0.25, 0.3) is 10.8 Å². The third kappa shape index (κ3) is 3.56. The minimum Gasteiger partial charge on any atom is -0.480 e. The van der Waals surface area contributed by atoms with E-state index < -0.39 is 17.9 Å². The van der Waals surface area contributed by atoms with Crippen LogP contribution < -0.4 is 10.9 Å². The van der Waals surface area contributed by atoms with Crippen LogP contribution in [0.3, 0.4) is 0 Å². The molecule has 0 fully saturated rings. The summed E-state index contributed by atoms with van der Waals surface area (Å²) >= 11 is 0. The zero-order valence-corrected chi connectivity index (χ0v) is 13.2. The van der Waals surface area contributed by atoms with Crippen molar-refractivity contribution in [2.24, 2.45) is 13.0 Å². The highest BCUT2D eigenvalue weighted by atomic mass is 16.4. The summed E-state index contributed by atoms with van der Waals surface area (Å²) in [5.41, 5.74) is 0.198. The fourth-order valence-electron chi connectivity index (χ4n) is 2.40. The van der Waals surface area contributed by atoms with Crippen molar-refractivity contribution in [3.63, 3.8) is 0 Å². The highest BCUT2D eigenvalue weighted by Crippen LogP contribution is 2.13. The van der Waals surface area contributed by atoms with E-state index in [0.29, 0.717) is 16.5 Å². The van der Waals surface area contributed by atoms with Gasteiger partial charge in [0.25, 0.3) is 5.56 Å². The fourth-order valence-corrected chi connectivity index (χ4v) is 2.40. The van der Waals surface area contributed by atoms with E-state index in [0.717, 1.165) is 0 Å². The summed E-state index contributed by atoms with van der Waals surface area (Å²) in [6.45, 7) is 3.44. The number of benzene rings is 1. The fraction of sp³-hybridized carbons (Fsp3) is 0.375. The summed E-state index contributed by atoms with van der Waals surface area (Å²) in [5.74, 6) is -1.75. The van der Waals surface area contributed by atoms with Crippen LogP contribution in [0.4, 0.5) is 0 Å². The van der Waals surface area contributed by atoms with Gasteiger partial charge < -0.3 is 10.4 Å². The number of rotatable bonds is 5. The number of carbonyl (C=O) groups is 2. The lowest BCUT2D eigenvalue weighted by Gasteiger charge is -2.18. The largest absolute Gasteiger partial charge is 0.480 e. The lowest BCUT2D eigenvalue weighted by atomic mass is 10.0. The Balaban J connectivity index is 2.32. The van der Waals surface area contributed by atoms with Crippen molar-refractivity contribution in [3.05, 3.63) is 40.3 Å². The third-order valence-corrected chi connectivity index (χ3v) is 3.61. The molecule has 2 aromatic rings. The molecule has 0 saturated carbocycles. The van der Waals surface area contributed by atoms with Crippen LogP contribution in [0.2, 0.25) is 0 Å². The standard InChI is InChI=1S/C16H19N3O4/c1-9(2)14(16(22)23)17-13(20)8-12-10-6-4-5-7-11(10)15(21)19(3)18-12/h4-7,9,14H,8H2,1-3H3,(H,17,20)(H,22,23). The summed E-state index contributed by atoms with van der Waals surface area (Å²) in [4.78, 5) is 35.4. The highest BCUT2D eigenvalue weighted by molar-refractivity contribution is 5.90. The van der Waals surface area contributed by atoms with Gasteiger partial charge in [-0.05, 0) is 12.0 Å². The van der Waals surface area contributed by atoms with Crippen LogP contribution in [0.5, 0.6) is 0 Å². The van der Waals surface area contributed by atoms with Crippen LogP contribution in [0, 0.1) is 5.92 Å². The van der Waals surface area contributed by atoms with E-state index in [-0.39, 0.29) is 17.9 Å². The van der Waals surface area contributed by atoms with Gasteiger partial charge in [-0.1, -0.05) is 32.0 Å². The van der Waals surface area contributed by atoms with Crippen molar-refractivity contribution >= 4 is 22.6 Å². The molecule has 0 saturated heterocycles. The number of hydrogen-bond acceptors (Lipinski definition) is 4. The molecule has 1 unspecified atom stereocenters. The summed E-state index contributed by atoms with van der Waals surface area (Å²) in [6.07, 6.45) is -0.0921. The lowest BCUT2D eigenvalue weighted by molar-refractivity contribution is -0.143. The number of nitrogens with zero attached hydrogens (tertiary/aromatic N) is 2. The number of amides is 1. The molecule has 2 N–H and O–H groups in total. The minimum absolute atomic E-state index is 0.0921. The molecule has 2 rings (SSSR count). The van der Waals surface area contributed by atoms with E-state index in [1.165, 1.54) is 11.7 Å². The molecule has 1 amide bonds. The van der Waals surface area contributed by atoms with Crippen molar-refractivity contribution in [2.45, 2.75) is 26.3 Å². The van der Waals surface area contributed by atoms with E-state index in [9.17, 15) is 14.4 Å². The van der Waals surface area contributed by atoms with Crippen LogP contribution in [0.1, 0.15) is 19.5 Å². The Morgan fingerprint density at radius 1 is 1.26 bits per heavy atom. The summed E-state index contributed by atoms with van der Waals surface area (Å²) in [5, 5.41) is 16.8. The summed E-state index contributed by atoms with van der Waals surface area (Å²) in [6, 6.07) is 5.95. The molecule has 1 atom stereocenters. The number of aromatic nitrogens is 2. The summed E-state index contributed by atoms with van der Waals surface area (Å²) < 4.78 is 1.18. The predicted octanol–water partition coefficient (Wildman–Crippen LogP) is 0.701. The van der Waals surface area contributed by atoms with Gasteiger partial charge in [0.1, 0.15) is 6.04 Å². The van der Waals surface area contributed by atoms with Crippen LogP contribution in [0.15, 0.2) is 29.1 Å². The maximum atomic E-state index is 12.2. The highest BCUT2D eigenvalue weighted by Gasteiger charge is 2.24. The number of carbonyl (C=O) groups excluding carboxylic acids is 1. The smallest absolute Gasteiger partial charge is 0.326 e. The first-order valence-corrected chi connectivity index (χ1v) is 7.28. The number of hydrogen-bond donors (Lipinski definition) is 2. The molecular formula is C16H19N3O4. The summed E-state index contributed by atoms with van der Waals surface area (Å²) in [7, 11) is 1.52. The van der Waals surface area contributed by atoms with Crippen LogP contribution in [-0.4, -0.2) is 32.8 Å². The van der Waals surface area contributed by atoms with Gasteiger partial charge in [0.05, 0.1) is 17.5 Å². The molecule has 0 aliphatic carbocycles. The van der Waals surface area contributed by atoms with E-state index in [1.54, 1.807) is 38.1 Å². The predicted molar refractivity (Wildman–Crippen MR) is 85.1 cm³/mol. The second kappa shape index (κ2) is 6.60. The lowest BCUT2D eigenvalue weighted by Crippen LogP contribution is -2.45. The van der Waals surface area contributed by atoms with E-state index in [1.807, 2.05) is 0 Å². The van der Waals surface area contributed by atoms with Gasteiger partial charge in [0.15, 0.2) is 0 Å². The molecule has 1 aromatic carbocycles. The van der Waals surface area contributed by atoms with Crippen molar-refractivity contribution in [1.82, 2.24) is 15.1 Å². The average molecular weight is 317 g/mol. The number of carboxylic acid groups (broad SMARTS) is 1. The molecule has 1 aromatic heterocycles. The van der Waals surface area contributed by atoms with Gasteiger partial charge in [0, 0.05) is 12.4 Å². The Morgan fingerprint density at radius 2 is 1.87 bits per heavy atom. The van der Waals surface area contributed by atoms with Crippen LogP contribution in [-0.2, 0) is 23.1 Å². The second-order valence-electron chi connectivity index (χ2n) is 5.73. The second-order valence-corrected chi connectivity index (χ2v) is 5.73. The minimum atomic E-state index is -1.08. The Kier molecular flexibility index (Phi) is 4.78. The van der Waals surface area contributed by atoms with Gasteiger partial charge >= 0.3 is 5.97 Å². The van der Waals surface area contributed by atoms with Gasteiger partial charge in [0.2, 0.25) is 5.91 Å². The van der Waals surface area contributed by atoms with Crippen molar-refractivity contribution < 1.29 is 14.7 Å². The van der Waals surface area contributed by atoms with Gasteiger partial charge in [-0.15, -0.1) is 0 Å². The number of carboxylic acids is 1. The number of fused-ring (bicyclic) bond motifs is 1. The normalized spacial score (nSPS) is 12.3.